The highest BCUT2D eigenvalue weighted by Crippen LogP contribution is 2.38. The lowest BCUT2D eigenvalue weighted by Crippen LogP contribution is -2.27. The summed E-state index contributed by atoms with van der Waals surface area (Å²) in [5.41, 5.74) is 2.44. The van der Waals surface area contributed by atoms with Crippen LogP contribution in [0.4, 0.5) is 11.4 Å². The third-order valence-electron chi connectivity index (χ3n) is 4.46. The monoisotopic (exact) mass is 371 g/mol. The summed E-state index contributed by atoms with van der Waals surface area (Å²) in [5.74, 6) is -0.357. The fourth-order valence-electron chi connectivity index (χ4n) is 3.22. The SMILES string of the molecule is O=C(Nc1cncc2ccccc12)[C@@H]1CCNc2cc(Cl)c(Cl)cc21. The molecule has 2 N–H and O–H groups in total. The van der Waals surface area contributed by atoms with Crippen molar-refractivity contribution < 1.29 is 4.79 Å². The van der Waals surface area contributed by atoms with Gasteiger partial charge < -0.3 is 10.6 Å². The molecule has 25 heavy (non-hydrogen) atoms. The van der Waals surface area contributed by atoms with E-state index in [0.717, 1.165) is 22.0 Å². The molecule has 6 heteroatoms. The summed E-state index contributed by atoms with van der Waals surface area (Å²) in [6.07, 6.45) is 4.15. The number of nitrogens with one attached hydrogen (secondary N) is 2. The summed E-state index contributed by atoms with van der Waals surface area (Å²) in [7, 11) is 0. The molecule has 0 aliphatic carbocycles. The quantitative estimate of drug-likeness (QED) is 0.660. The Labute approximate surface area is 155 Å². The number of hydrogen-bond acceptors (Lipinski definition) is 3. The molecule has 126 valence electrons. The van der Waals surface area contributed by atoms with Crippen LogP contribution in [-0.2, 0) is 4.79 Å². The molecular weight excluding hydrogens is 357 g/mol. The van der Waals surface area contributed by atoms with Crippen LogP contribution >= 0.6 is 23.2 Å². The Balaban J connectivity index is 1.67. The van der Waals surface area contributed by atoms with Crippen LogP contribution in [0.5, 0.6) is 0 Å². The van der Waals surface area contributed by atoms with Crippen LogP contribution in [0.2, 0.25) is 10.0 Å². The van der Waals surface area contributed by atoms with E-state index in [9.17, 15) is 4.79 Å². The molecule has 0 saturated carbocycles. The first-order valence-corrected chi connectivity index (χ1v) is 8.75. The molecule has 2 heterocycles. The van der Waals surface area contributed by atoms with Crippen LogP contribution in [0.1, 0.15) is 17.9 Å². The van der Waals surface area contributed by atoms with E-state index in [1.165, 1.54) is 0 Å². The van der Waals surface area contributed by atoms with E-state index in [1.54, 1.807) is 24.5 Å². The van der Waals surface area contributed by atoms with Gasteiger partial charge in [-0.25, -0.2) is 0 Å². The van der Waals surface area contributed by atoms with Crippen molar-refractivity contribution in [2.75, 3.05) is 17.2 Å². The highest BCUT2D eigenvalue weighted by molar-refractivity contribution is 6.42. The first-order valence-electron chi connectivity index (χ1n) is 8.00. The van der Waals surface area contributed by atoms with Crippen molar-refractivity contribution >= 4 is 51.3 Å². The number of fused-ring (bicyclic) bond motifs is 2. The average Bonchev–Trinajstić information content (AvgIpc) is 2.62. The minimum Gasteiger partial charge on any atom is -0.385 e. The number of benzene rings is 2. The van der Waals surface area contributed by atoms with Crippen LogP contribution in [-0.4, -0.2) is 17.4 Å². The van der Waals surface area contributed by atoms with E-state index in [1.807, 2.05) is 24.3 Å². The van der Waals surface area contributed by atoms with Crippen LogP contribution in [0, 0.1) is 0 Å². The number of nitrogens with zero attached hydrogens (tertiary/aromatic N) is 1. The molecule has 0 bridgehead atoms. The van der Waals surface area contributed by atoms with Crippen molar-refractivity contribution in [3.8, 4) is 0 Å². The highest BCUT2D eigenvalue weighted by Gasteiger charge is 2.28. The zero-order valence-corrected chi connectivity index (χ0v) is 14.7. The first-order chi connectivity index (χ1) is 12.1. The van der Waals surface area contributed by atoms with Crippen molar-refractivity contribution in [3.05, 3.63) is 64.4 Å². The van der Waals surface area contributed by atoms with Crippen molar-refractivity contribution in [1.29, 1.82) is 0 Å². The van der Waals surface area contributed by atoms with Crippen LogP contribution in [0.15, 0.2) is 48.8 Å². The van der Waals surface area contributed by atoms with Gasteiger partial charge in [-0.05, 0) is 24.1 Å². The number of hydrogen-bond donors (Lipinski definition) is 2. The molecular formula is C19H15Cl2N3O. The molecule has 2 aromatic carbocycles. The van der Waals surface area contributed by atoms with Gasteiger partial charge in [-0.15, -0.1) is 0 Å². The molecule has 1 aromatic heterocycles. The number of rotatable bonds is 2. The lowest BCUT2D eigenvalue weighted by molar-refractivity contribution is -0.117. The van der Waals surface area contributed by atoms with Gasteiger partial charge in [0, 0.05) is 29.2 Å². The van der Waals surface area contributed by atoms with Crippen molar-refractivity contribution in [2.24, 2.45) is 0 Å². The molecule has 0 spiro atoms. The Bertz CT molecular complexity index is 969. The minimum absolute atomic E-state index is 0.0701. The van der Waals surface area contributed by atoms with Gasteiger partial charge in [0.05, 0.1) is 27.8 Å². The third-order valence-corrected chi connectivity index (χ3v) is 5.18. The molecule has 0 radical (unpaired) electrons. The summed E-state index contributed by atoms with van der Waals surface area (Å²) >= 11 is 12.2. The van der Waals surface area contributed by atoms with Crippen LogP contribution in [0.3, 0.4) is 0 Å². The predicted octanol–water partition coefficient (Wildman–Crippen LogP) is 5.08. The molecule has 4 nitrogen and oxygen atoms in total. The highest BCUT2D eigenvalue weighted by atomic mass is 35.5. The third kappa shape index (κ3) is 3.03. The van der Waals surface area contributed by atoms with Crippen molar-refractivity contribution in [3.63, 3.8) is 0 Å². The fourth-order valence-corrected chi connectivity index (χ4v) is 3.55. The molecule has 1 amide bonds. The maximum absolute atomic E-state index is 12.9. The fraction of sp³-hybridized carbons (Fsp3) is 0.158. The van der Waals surface area contributed by atoms with E-state index < -0.39 is 0 Å². The van der Waals surface area contributed by atoms with E-state index in [0.29, 0.717) is 28.7 Å². The van der Waals surface area contributed by atoms with Gasteiger partial charge in [0.15, 0.2) is 0 Å². The van der Waals surface area contributed by atoms with Gasteiger partial charge in [0.1, 0.15) is 0 Å². The predicted molar refractivity (Wildman–Crippen MR) is 103 cm³/mol. The van der Waals surface area contributed by atoms with E-state index in [4.69, 9.17) is 23.2 Å². The smallest absolute Gasteiger partial charge is 0.232 e. The summed E-state index contributed by atoms with van der Waals surface area (Å²) in [5, 5.41) is 9.18. The van der Waals surface area contributed by atoms with Gasteiger partial charge in [-0.1, -0.05) is 47.5 Å². The number of pyridine rings is 1. The molecule has 0 fully saturated rings. The Morgan fingerprint density at radius 1 is 1.16 bits per heavy atom. The number of carbonyl (C=O) groups is 1. The summed E-state index contributed by atoms with van der Waals surface area (Å²) < 4.78 is 0. The maximum atomic E-state index is 12.9. The van der Waals surface area contributed by atoms with Gasteiger partial charge in [-0.3, -0.25) is 9.78 Å². The molecule has 1 aliphatic rings. The second kappa shape index (κ2) is 6.54. The number of amides is 1. The maximum Gasteiger partial charge on any atom is 0.232 e. The second-order valence-corrected chi connectivity index (χ2v) is 6.83. The van der Waals surface area contributed by atoms with Crippen LogP contribution in [0.25, 0.3) is 10.8 Å². The minimum atomic E-state index is -0.287. The van der Waals surface area contributed by atoms with E-state index >= 15 is 0 Å². The zero-order valence-electron chi connectivity index (χ0n) is 13.2. The zero-order chi connectivity index (χ0) is 17.4. The molecule has 0 unspecified atom stereocenters. The normalized spacial score (nSPS) is 16.2. The van der Waals surface area contributed by atoms with Crippen molar-refractivity contribution in [2.45, 2.75) is 12.3 Å². The standard InChI is InChI=1S/C19H15Cl2N3O/c20-15-7-14-13(5-6-23-17(14)8-16(15)21)19(25)24-18-10-22-9-11-3-1-2-4-12(11)18/h1-4,7-10,13,23H,5-6H2,(H,24,25)/t13-/m1/s1. The van der Waals surface area contributed by atoms with Gasteiger partial charge in [0.2, 0.25) is 5.91 Å². The van der Waals surface area contributed by atoms with E-state index in [2.05, 4.69) is 15.6 Å². The summed E-state index contributed by atoms with van der Waals surface area (Å²) in [6, 6.07) is 11.4. The lowest BCUT2D eigenvalue weighted by atomic mass is 9.90. The number of anilines is 2. The van der Waals surface area contributed by atoms with Crippen LogP contribution < -0.4 is 10.6 Å². The number of halogens is 2. The molecule has 1 aliphatic heterocycles. The van der Waals surface area contributed by atoms with E-state index in [-0.39, 0.29) is 11.8 Å². The van der Waals surface area contributed by atoms with Gasteiger partial charge in [-0.2, -0.15) is 0 Å². The Kier molecular flexibility index (Phi) is 4.24. The van der Waals surface area contributed by atoms with Gasteiger partial charge in [0.25, 0.3) is 0 Å². The Morgan fingerprint density at radius 2 is 1.96 bits per heavy atom. The van der Waals surface area contributed by atoms with Crippen molar-refractivity contribution in [1.82, 2.24) is 4.98 Å². The average molecular weight is 372 g/mol. The summed E-state index contributed by atoms with van der Waals surface area (Å²) in [4.78, 5) is 17.1. The number of aromatic nitrogens is 1. The summed E-state index contributed by atoms with van der Waals surface area (Å²) in [6.45, 7) is 0.705. The number of carbonyl (C=O) groups excluding carboxylic acids is 1. The second-order valence-electron chi connectivity index (χ2n) is 6.02. The largest absolute Gasteiger partial charge is 0.385 e. The lowest BCUT2D eigenvalue weighted by Gasteiger charge is -2.26. The first kappa shape index (κ1) is 16.2. The molecule has 0 saturated heterocycles. The molecule has 3 aromatic rings. The Morgan fingerprint density at radius 3 is 2.84 bits per heavy atom. The molecule has 4 rings (SSSR count). The Hall–Kier alpha value is -2.30. The topological polar surface area (TPSA) is 54.0 Å². The molecule has 1 atom stereocenters. The van der Waals surface area contributed by atoms with Gasteiger partial charge >= 0.3 is 0 Å².